The van der Waals surface area contributed by atoms with Gasteiger partial charge in [-0.1, -0.05) is 48.5 Å². The molecule has 5 nitrogen and oxygen atoms in total. The molecule has 1 heterocycles. The minimum absolute atomic E-state index is 0.268. The number of rotatable bonds is 6. The number of anilines is 2. The number of nitrogens with zero attached hydrogens (tertiary/aromatic N) is 1. The van der Waals surface area contributed by atoms with E-state index in [1.807, 2.05) is 60.7 Å². The van der Waals surface area contributed by atoms with E-state index in [2.05, 4.69) is 34.7 Å². The molecule has 1 aromatic heterocycles. The van der Waals surface area contributed by atoms with E-state index in [0.29, 0.717) is 23.5 Å². The number of methoxy groups -OCH3 is 1. The zero-order chi connectivity index (χ0) is 20.9. The second kappa shape index (κ2) is 8.66. The summed E-state index contributed by atoms with van der Waals surface area (Å²) < 4.78 is 5.55. The summed E-state index contributed by atoms with van der Waals surface area (Å²) in [6.45, 7) is 2.75. The van der Waals surface area contributed by atoms with E-state index in [9.17, 15) is 4.79 Å². The quantitative estimate of drug-likeness (QED) is 0.456. The molecule has 0 radical (unpaired) electrons. The van der Waals surface area contributed by atoms with Gasteiger partial charge in [0.05, 0.1) is 24.0 Å². The topological polar surface area (TPSA) is 63.2 Å². The molecule has 0 atom stereocenters. The molecule has 0 saturated carbocycles. The van der Waals surface area contributed by atoms with Crippen LogP contribution in [0.2, 0.25) is 0 Å². The molecule has 0 saturated heterocycles. The van der Waals surface area contributed by atoms with Crippen molar-refractivity contribution in [2.24, 2.45) is 0 Å². The molecule has 2 N–H and O–H groups in total. The van der Waals surface area contributed by atoms with Gasteiger partial charge in [0, 0.05) is 18.1 Å². The number of aryl methyl sites for hydroxylation is 1. The fourth-order valence-electron chi connectivity index (χ4n) is 3.43. The van der Waals surface area contributed by atoms with Crippen molar-refractivity contribution in [1.82, 2.24) is 4.98 Å². The number of benzene rings is 3. The van der Waals surface area contributed by atoms with Crippen LogP contribution in [0.15, 0.2) is 79.0 Å². The van der Waals surface area contributed by atoms with Gasteiger partial charge in [-0.15, -0.1) is 0 Å². The number of hydrogen-bond donors (Lipinski definition) is 2. The first-order valence-corrected chi connectivity index (χ1v) is 9.78. The maximum Gasteiger partial charge on any atom is 0.261 e. The maximum atomic E-state index is 13.1. The number of nitrogens with one attached hydrogen (secondary N) is 2. The van der Waals surface area contributed by atoms with Crippen molar-refractivity contribution in [3.63, 3.8) is 0 Å². The van der Waals surface area contributed by atoms with E-state index in [4.69, 9.17) is 4.74 Å². The Morgan fingerprint density at radius 2 is 1.63 bits per heavy atom. The number of fused-ring (bicyclic) bond motifs is 1. The lowest BCUT2D eigenvalue weighted by Crippen LogP contribution is -2.15. The third-order valence-electron chi connectivity index (χ3n) is 5.08. The number of aromatic nitrogens is 1. The van der Waals surface area contributed by atoms with Gasteiger partial charge >= 0.3 is 0 Å². The molecular formula is C25H23N3O2. The third-order valence-corrected chi connectivity index (χ3v) is 5.08. The van der Waals surface area contributed by atoms with Gasteiger partial charge in [0.1, 0.15) is 11.3 Å². The Kier molecular flexibility index (Phi) is 5.61. The molecule has 0 bridgehead atoms. The molecule has 30 heavy (non-hydrogen) atoms. The van der Waals surface area contributed by atoms with Crippen molar-refractivity contribution in [3.05, 3.63) is 95.7 Å². The van der Waals surface area contributed by atoms with E-state index in [0.717, 1.165) is 16.6 Å². The molecular weight excluding hydrogens is 374 g/mol. The van der Waals surface area contributed by atoms with Crippen LogP contribution in [0.4, 0.5) is 11.4 Å². The van der Waals surface area contributed by atoms with Crippen molar-refractivity contribution in [3.8, 4) is 5.75 Å². The van der Waals surface area contributed by atoms with Crippen LogP contribution in [0, 0.1) is 6.92 Å². The van der Waals surface area contributed by atoms with Gasteiger partial charge in [-0.05, 0) is 42.3 Å². The van der Waals surface area contributed by atoms with Crippen molar-refractivity contribution < 1.29 is 9.53 Å². The van der Waals surface area contributed by atoms with Crippen molar-refractivity contribution in [2.45, 2.75) is 13.5 Å². The highest BCUT2D eigenvalue weighted by molar-refractivity contribution is 6.10. The molecule has 0 aliphatic heterocycles. The van der Waals surface area contributed by atoms with Crippen molar-refractivity contribution in [2.75, 3.05) is 17.7 Å². The predicted molar refractivity (Wildman–Crippen MR) is 121 cm³/mol. The van der Waals surface area contributed by atoms with Crippen LogP contribution in [-0.4, -0.2) is 18.0 Å². The average molecular weight is 397 g/mol. The molecule has 4 rings (SSSR count). The lowest BCUT2D eigenvalue weighted by Gasteiger charge is -2.15. The number of amides is 1. The molecule has 1 amide bonds. The number of ether oxygens (including phenoxy) is 1. The highest BCUT2D eigenvalue weighted by Gasteiger charge is 2.17. The minimum atomic E-state index is -0.268. The first kappa shape index (κ1) is 19.5. The zero-order valence-electron chi connectivity index (χ0n) is 17.0. The van der Waals surface area contributed by atoms with Gasteiger partial charge in [-0.25, -0.2) is 0 Å². The molecule has 4 aromatic rings. The highest BCUT2D eigenvalue weighted by atomic mass is 16.5. The van der Waals surface area contributed by atoms with Crippen LogP contribution < -0.4 is 15.4 Å². The molecule has 0 aliphatic carbocycles. The van der Waals surface area contributed by atoms with Gasteiger partial charge in [0.15, 0.2) is 0 Å². The normalized spacial score (nSPS) is 10.6. The predicted octanol–water partition coefficient (Wildman–Crippen LogP) is 5.42. The number of carbonyl (C=O) groups excluding carboxylic acids is 1. The van der Waals surface area contributed by atoms with Crippen LogP contribution in [0.1, 0.15) is 21.5 Å². The van der Waals surface area contributed by atoms with Gasteiger partial charge < -0.3 is 15.4 Å². The number of pyridine rings is 1. The summed E-state index contributed by atoms with van der Waals surface area (Å²) in [7, 11) is 1.57. The summed E-state index contributed by atoms with van der Waals surface area (Å²) in [6, 6.07) is 23.5. The summed E-state index contributed by atoms with van der Waals surface area (Å²) in [6.07, 6.45) is 1.56. The summed E-state index contributed by atoms with van der Waals surface area (Å²) in [4.78, 5) is 17.5. The van der Waals surface area contributed by atoms with E-state index < -0.39 is 0 Å². The maximum absolute atomic E-state index is 13.1. The van der Waals surface area contributed by atoms with Gasteiger partial charge in [0.25, 0.3) is 5.91 Å². The van der Waals surface area contributed by atoms with Gasteiger partial charge in [0.2, 0.25) is 0 Å². The Labute approximate surface area is 175 Å². The van der Waals surface area contributed by atoms with Gasteiger partial charge in [-0.3, -0.25) is 9.78 Å². The largest absolute Gasteiger partial charge is 0.495 e. The Morgan fingerprint density at radius 1 is 0.933 bits per heavy atom. The van der Waals surface area contributed by atoms with Crippen LogP contribution in [0.5, 0.6) is 5.75 Å². The Morgan fingerprint density at radius 3 is 2.43 bits per heavy atom. The lowest BCUT2D eigenvalue weighted by atomic mass is 10.1. The van der Waals surface area contributed by atoms with Crippen LogP contribution in [-0.2, 0) is 6.54 Å². The van der Waals surface area contributed by atoms with E-state index in [-0.39, 0.29) is 5.91 Å². The molecule has 150 valence electrons. The van der Waals surface area contributed by atoms with E-state index in [1.54, 1.807) is 13.3 Å². The highest BCUT2D eigenvalue weighted by Crippen LogP contribution is 2.30. The Bertz CT molecular complexity index is 1200. The average Bonchev–Trinajstić information content (AvgIpc) is 2.78. The molecule has 0 unspecified atom stereocenters. The number of hydrogen-bond acceptors (Lipinski definition) is 4. The third kappa shape index (κ3) is 3.96. The van der Waals surface area contributed by atoms with Gasteiger partial charge in [-0.2, -0.15) is 0 Å². The summed E-state index contributed by atoms with van der Waals surface area (Å²) in [5.41, 5.74) is 5.15. The van der Waals surface area contributed by atoms with E-state index in [1.165, 1.54) is 11.1 Å². The summed E-state index contributed by atoms with van der Waals surface area (Å²) in [5, 5.41) is 7.22. The van der Waals surface area contributed by atoms with E-state index >= 15 is 0 Å². The monoisotopic (exact) mass is 397 g/mol. The van der Waals surface area contributed by atoms with Crippen LogP contribution in [0.3, 0.4) is 0 Å². The number of carbonyl (C=O) groups is 1. The fraction of sp³-hybridized carbons (Fsp3) is 0.120. The zero-order valence-corrected chi connectivity index (χ0v) is 17.0. The molecule has 0 aliphatic rings. The first-order chi connectivity index (χ1) is 14.7. The summed E-state index contributed by atoms with van der Waals surface area (Å²) in [5.74, 6) is 0.249. The SMILES string of the molecule is COc1c(C(=O)Nc2ccccc2NCc2ccccc2C)cnc2ccccc12. The van der Waals surface area contributed by atoms with Crippen molar-refractivity contribution >= 4 is 28.2 Å². The van der Waals surface area contributed by atoms with Crippen LogP contribution >= 0.6 is 0 Å². The molecule has 5 heteroatoms. The smallest absolute Gasteiger partial charge is 0.261 e. The van der Waals surface area contributed by atoms with Crippen molar-refractivity contribution in [1.29, 1.82) is 0 Å². The minimum Gasteiger partial charge on any atom is -0.495 e. The Balaban J connectivity index is 1.59. The second-order valence-corrected chi connectivity index (χ2v) is 7.00. The fourth-order valence-corrected chi connectivity index (χ4v) is 3.43. The number of para-hydroxylation sites is 3. The molecule has 0 spiro atoms. The Hall–Kier alpha value is -3.86. The first-order valence-electron chi connectivity index (χ1n) is 9.78. The summed E-state index contributed by atoms with van der Waals surface area (Å²) >= 11 is 0. The molecule has 0 fully saturated rings. The molecule has 3 aromatic carbocycles. The van der Waals surface area contributed by atoms with Crippen LogP contribution in [0.25, 0.3) is 10.9 Å². The second-order valence-electron chi connectivity index (χ2n) is 7.00. The standard InChI is InChI=1S/C25H23N3O2/c1-17-9-3-4-10-18(17)15-26-22-13-7-8-14-23(22)28-25(29)20-16-27-21-12-6-5-11-19(21)24(20)30-2/h3-14,16,26H,15H2,1-2H3,(H,28,29). The lowest BCUT2D eigenvalue weighted by molar-refractivity contribution is 0.102.